The van der Waals surface area contributed by atoms with E-state index in [1.54, 1.807) is 0 Å². The Bertz CT molecular complexity index is 868. The van der Waals surface area contributed by atoms with E-state index in [4.69, 9.17) is 0 Å². The Morgan fingerprint density at radius 1 is 1.24 bits per heavy atom. The second kappa shape index (κ2) is 7.20. The van der Waals surface area contributed by atoms with Crippen LogP contribution < -0.4 is 0 Å². The van der Waals surface area contributed by atoms with Gasteiger partial charge in [-0.3, -0.25) is 4.79 Å². The minimum atomic E-state index is -3.62. The number of β-lactam (4-membered cyclic amide) rings is 1. The van der Waals surface area contributed by atoms with Crippen LogP contribution in [0.25, 0.3) is 0 Å². The fourth-order valence-electron chi connectivity index (χ4n) is 4.61. The van der Waals surface area contributed by atoms with E-state index >= 15 is 0 Å². The first-order valence-electron chi connectivity index (χ1n) is 9.62. The van der Waals surface area contributed by atoms with Crippen LogP contribution in [0.3, 0.4) is 0 Å². The van der Waals surface area contributed by atoms with Gasteiger partial charge in [-0.1, -0.05) is 6.92 Å². The number of fused-ring (bicyclic) bond motifs is 1. The van der Waals surface area contributed by atoms with E-state index in [1.165, 1.54) is 32.2 Å². The van der Waals surface area contributed by atoms with E-state index in [0.29, 0.717) is 17.9 Å². The van der Waals surface area contributed by atoms with Crippen LogP contribution in [0.2, 0.25) is 0 Å². The van der Waals surface area contributed by atoms with Gasteiger partial charge in [-0.25, -0.2) is 4.79 Å². The summed E-state index contributed by atoms with van der Waals surface area (Å²) in [5, 5.41) is 29.0. The van der Waals surface area contributed by atoms with Crippen molar-refractivity contribution >= 4 is 33.8 Å². The quantitative estimate of drug-likeness (QED) is 0.435. The number of hydrogen-bond donors (Lipinski definition) is 3. The van der Waals surface area contributed by atoms with E-state index in [1.807, 2.05) is 6.92 Å². The monoisotopic (exact) mass is 447 g/mol. The van der Waals surface area contributed by atoms with Crippen molar-refractivity contribution in [1.82, 2.24) is 13.5 Å². The maximum absolute atomic E-state index is 12.6. The van der Waals surface area contributed by atoms with Gasteiger partial charge in [0.05, 0.1) is 24.2 Å². The van der Waals surface area contributed by atoms with Gasteiger partial charge >= 0.3 is 5.97 Å². The van der Waals surface area contributed by atoms with Crippen molar-refractivity contribution in [1.29, 1.82) is 0 Å². The van der Waals surface area contributed by atoms with Crippen molar-refractivity contribution in [3.63, 3.8) is 0 Å². The molecule has 5 atom stereocenters. The van der Waals surface area contributed by atoms with Gasteiger partial charge in [-0.15, -0.1) is 11.8 Å². The van der Waals surface area contributed by atoms with E-state index in [-0.39, 0.29) is 48.4 Å². The lowest BCUT2D eigenvalue weighted by atomic mass is 9.79. The molecule has 12 heteroatoms. The minimum absolute atomic E-state index is 0.0432. The van der Waals surface area contributed by atoms with Crippen LogP contribution in [0.1, 0.15) is 20.3 Å². The number of thioether (sulfide) groups is 1. The SMILES string of the molecule is C[C@@H](O)[C@H]1C(=O)N2C(C(=O)O)=C(SC3CN(S(=O)(=O)N4CCC(O)C4)C3)[C@H](C)[C@H]12. The summed E-state index contributed by atoms with van der Waals surface area (Å²) in [6, 6.07) is -0.373. The molecule has 4 aliphatic heterocycles. The van der Waals surface area contributed by atoms with Crippen LogP contribution in [-0.4, -0.2) is 98.8 Å². The molecule has 0 aliphatic carbocycles. The van der Waals surface area contributed by atoms with Crippen LogP contribution in [-0.2, 0) is 19.8 Å². The number of carbonyl (C=O) groups is 2. The van der Waals surface area contributed by atoms with E-state index in [9.17, 15) is 33.3 Å². The second-order valence-electron chi connectivity index (χ2n) is 8.14. The molecule has 0 aromatic rings. The molecule has 162 valence electrons. The molecule has 0 bridgehead atoms. The molecule has 4 aliphatic rings. The summed E-state index contributed by atoms with van der Waals surface area (Å²) in [4.78, 5) is 26.0. The number of aliphatic hydroxyl groups is 2. The van der Waals surface area contributed by atoms with E-state index < -0.39 is 34.3 Å². The summed E-state index contributed by atoms with van der Waals surface area (Å²) >= 11 is 1.31. The molecular weight excluding hydrogens is 422 g/mol. The fourth-order valence-corrected chi connectivity index (χ4v) is 8.07. The lowest BCUT2D eigenvalue weighted by Crippen LogP contribution is -2.63. The number of hydrogen-bond acceptors (Lipinski definition) is 7. The zero-order valence-corrected chi connectivity index (χ0v) is 17.8. The summed E-state index contributed by atoms with van der Waals surface area (Å²) in [6.45, 7) is 4.27. The van der Waals surface area contributed by atoms with Gasteiger partial charge in [0.2, 0.25) is 5.91 Å². The Balaban J connectivity index is 1.45. The molecule has 0 saturated carbocycles. The van der Waals surface area contributed by atoms with Gasteiger partial charge < -0.3 is 20.2 Å². The highest BCUT2D eigenvalue weighted by molar-refractivity contribution is 8.04. The average Bonchev–Trinajstić information content (AvgIpc) is 3.11. The molecule has 29 heavy (non-hydrogen) atoms. The molecule has 3 N–H and O–H groups in total. The van der Waals surface area contributed by atoms with Crippen LogP contribution in [0, 0.1) is 11.8 Å². The van der Waals surface area contributed by atoms with E-state index in [2.05, 4.69) is 0 Å². The molecule has 0 aromatic carbocycles. The van der Waals surface area contributed by atoms with Gasteiger partial charge in [0.15, 0.2) is 0 Å². The highest BCUT2D eigenvalue weighted by atomic mass is 32.2. The molecule has 0 aromatic heterocycles. The smallest absolute Gasteiger partial charge is 0.353 e. The summed E-state index contributed by atoms with van der Waals surface area (Å²) < 4.78 is 27.8. The summed E-state index contributed by atoms with van der Waals surface area (Å²) in [6.07, 6.45) is -1.07. The Labute approximate surface area is 173 Å². The van der Waals surface area contributed by atoms with Crippen molar-refractivity contribution in [2.24, 2.45) is 11.8 Å². The third kappa shape index (κ3) is 3.20. The molecule has 4 rings (SSSR count). The highest BCUT2D eigenvalue weighted by Crippen LogP contribution is 2.52. The van der Waals surface area contributed by atoms with Crippen molar-refractivity contribution in [3.05, 3.63) is 10.6 Å². The number of β-amino-alcohol motifs (C(OH)–C–C–N with tert-alkyl or cyclic N) is 1. The summed E-state index contributed by atoms with van der Waals surface area (Å²) in [5.74, 6) is -2.41. The fraction of sp³-hybridized carbons (Fsp3) is 0.765. The predicted molar refractivity (Wildman–Crippen MR) is 104 cm³/mol. The lowest BCUT2D eigenvalue weighted by Gasteiger charge is -2.46. The number of carbonyl (C=O) groups excluding carboxylic acids is 1. The summed E-state index contributed by atoms with van der Waals surface area (Å²) in [7, 11) is -3.62. The van der Waals surface area contributed by atoms with Gasteiger partial charge in [0.25, 0.3) is 10.2 Å². The maximum atomic E-state index is 12.6. The molecule has 0 spiro atoms. The van der Waals surface area contributed by atoms with Crippen LogP contribution in [0.5, 0.6) is 0 Å². The molecule has 0 radical (unpaired) electrons. The predicted octanol–water partition coefficient (Wildman–Crippen LogP) is -1.13. The molecule has 1 amide bonds. The van der Waals surface area contributed by atoms with Crippen LogP contribution >= 0.6 is 11.8 Å². The van der Waals surface area contributed by atoms with Crippen molar-refractivity contribution in [3.8, 4) is 0 Å². The average molecular weight is 448 g/mol. The number of carboxylic acid groups (broad SMARTS) is 1. The Hall–Kier alpha value is -1.18. The zero-order chi connectivity index (χ0) is 21.2. The second-order valence-corrected chi connectivity index (χ2v) is 11.4. The topological polar surface area (TPSA) is 139 Å². The van der Waals surface area contributed by atoms with Crippen LogP contribution in [0.4, 0.5) is 0 Å². The molecule has 3 saturated heterocycles. The van der Waals surface area contributed by atoms with Gasteiger partial charge in [-0.2, -0.15) is 17.0 Å². The minimum Gasteiger partial charge on any atom is -0.477 e. The molecule has 4 heterocycles. The van der Waals surface area contributed by atoms with Crippen molar-refractivity contribution in [2.75, 3.05) is 26.2 Å². The standard InChI is InChI=1S/C17H25N3O7S2/c1-8-13-12(9(2)21)16(23)20(13)14(17(24)25)15(8)28-11-6-19(7-11)29(26,27)18-4-3-10(22)5-18/h8-13,21-22H,3-7H2,1-2H3,(H,24,25)/t8-,9-,10?,12-,13-/m1/s1. The van der Waals surface area contributed by atoms with E-state index in [0.717, 1.165) is 0 Å². The summed E-state index contributed by atoms with van der Waals surface area (Å²) in [5.41, 5.74) is -0.0432. The first kappa shape index (κ1) is 21.1. The van der Waals surface area contributed by atoms with Crippen molar-refractivity contribution < 1.29 is 33.3 Å². The highest BCUT2D eigenvalue weighted by Gasteiger charge is 2.60. The first-order valence-corrected chi connectivity index (χ1v) is 11.9. The Kier molecular flexibility index (Phi) is 5.23. The number of aliphatic carboxylic acids is 1. The molecule has 10 nitrogen and oxygen atoms in total. The molecule has 3 fully saturated rings. The zero-order valence-electron chi connectivity index (χ0n) is 16.1. The number of carboxylic acids is 1. The third-order valence-electron chi connectivity index (χ3n) is 6.20. The van der Waals surface area contributed by atoms with Gasteiger partial charge in [0, 0.05) is 42.3 Å². The largest absolute Gasteiger partial charge is 0.477 e. The normalized spacial score (nSPS) is 34.9. The number of rotatable bonds is 6. The number of amides is 1. The Morgan fingerprint density at radius 2 is 1.90 bits per heavy atom. The number of aliphatic hydroxyl groups excluding tert-OH is 2. The lowest BCUT2D eigenvalue weighted by molar-refractivity contribution is -0.163. The van der Waals surface area contributed by atoms with Crippen LogP contribution in [0.15, 0.2) is 10.6 Å². The Morgan fingerprint density at radius 3 is 2.41 bits per heavy atom. The maximum Gasteiger partial charge on any atom is 0.353 e. The molecule has 1 unspecified atom stereocenters. The van der Waals surface area contributed by atoms with Crippen molar-refractivity contribution in [2.45, 2.75) is 43.8 Å². The third-order valence-corrected chi connectivity index (χ3v) is 9.58. The number of nitrogens with zero attached hydrogens (tertiary/aromatic N) is 3. The molecular formula is C17H25N3O7S2. The van der Waals surface area contributed by atoms with Gasteiger partial charge in [0.1, 0.15) is 5.70 Å². The van der Waals surface area contributed by atoms with Gasteiger partial charge in [-0.05, 0) is 13.3 Å². The first-order chi connectivity index (χ1) is 13.5.